The van der Waals surface area contributed by atoms with Crippen LogP contribution in [0.5, 0.6) is 0 Å². The van der Waals surface area contributed by atoms with Crippen LogP contribution in [0.25, 0.3) is 0 Å². The van der Waals surface area contributed by atoms with E-state index in [2.05, 4.69) is 80.7 Å². The molecule has 7 N–H and O–H groups in total. The number of aliphatic hydroxyl groups excluding tert-OH is 7. The van der Waals surface area contributed by atoms with E-state index in [0.717, 1.165) is 44.9 Å². The lowest BCUT2D eigenvalue weighted by Gasteiger charge is -2.42. The third-order valence-corrected chi connectivity index (χ3v) is 10.5. The van der Waals surface area contributed by atoms with Crippen molar-refractivity contribution in [2.75, 3.05) is 26.4 Å². The highest BCUT2D eigenvalue weighted by Gasteiger charge is 2.47. The highest BCUT2D eigenvalue weighted by atomic mass is 16.7. The Bertz CT molecular complexity index is 1710. The van der Waals surface area contributed by atoms with E-state index in [1.54, 1.807) is 0 Å². The number of hydrogen-bond acceptors (Lipinski definition) is 15. The number of rotatable bonds is 34. The van der Waals surface area contributed by atoms with Crippen LogP contribution in [0.3, 0.4) is 0 Å². The van der Waals surface area contributed by atoms with Crippen LogP contribution in [0, 0.1) is 0 Å². The Labute approximate surface area is 409 Å². The van der Waals surface area contributed by atoms with Crippen LogP contribution in [0.4, 0.5) is 0 Å². The Morgan fingerprint density at radius 3 is 1.45 bits per heavy atom. The van der Waals surface area contributed by atoms with Gasteiger partial charge in [-0.3, -0.25) is 9.59 Å². The smallest absolute Gasteiger partial charge is 0.306 e. The van der Waals surface area contributed by atoms with E-state index >= 15 is 0 Å². The number of carbonyl (C=O) groups excluding carboxylic acids is 2. The first-order valence-electron chi connectivity index (χ1n) is 24.3. The lowest BCUT2D eigenvalue weighted by Crippen LogP contribution is -2.61. The molecular formula is C54H80O15. The fraction of sp³-hybridized carbons (Fsp3) is 0.556. The fourth-order valence-corrected chi connectivity index (χ4v) is 6.55. The number of ether oxygens (including phenoxy) is 6. The van der Waals surface area contributed by atoms with E-state index in [4.69, 9.17) is 28.4 Å². The molecule has 386 valence electrons. The summed E-state index contributed by atoms with van der Waals surface area (Å²) in [6, 6.07) is 0. The Balaban J connectivity index is 1.88. The molecule has 2 fully saturated rings. The van der Waals surface area contributed by atoms with Crippen molar-refractivity contribution in [3.8, 4) is 0 Å². The molecule has 15 heteroatoms. The van der Waals surface area contributed by atoms with Crippen LogP contribution >= 0.6 is 0 Å². The van der Waals surface area contributed by atoms with Gasteiger partial charge in [-0.05, 0) is 70.6 Å². The maximum atomic E-state index is 12.9. The van der Waals surface area contributed by atoms with E-state index < -0.39 is 99.3 Å². The predicted molar refractivity (Wildman–Crippen MR) is 265 cm³/mol. The van der Waals surface area contributed by atoms with Gasteiger partial charge in [0.2, 0.25) is 0 Å². The number of esters is 2. The first-order chi connectivity index (χ1) is 33.5. The molecule has 0 aliphatic carbocycles. The molecule has 0 spiro atoms. The molecule has 0 aromatic rings. The Kier molecular flexibility index (Phi) is 34.7. The van der Waals surface area contributed by atoms with E-state index in [1.165, 1.54) is 0 Å². The number of unbranched alkanes of at least 4 members (excludes halogenated alkanes) is 2. The summed E-state index contributed by atoms with van der Waals surface area (Å²) in [7, 11) is 0. The van der Waals surface area contributed by atoms with Crippen molar-refractivity contribution < 1.29 is 73.8 Å². The molecule has 0 bridgehead atoms. The highest BCUT2D eigenvalue weighted by molar-refractivity contribution is 5.70. The molecule has 15 nitrogen and oxygen atoms in total. The zero-order valence-electron chi connectivity index (χ0n) is 40.5. The molecule has 0 aromatic heterocycles. The fourth-order valence-electron chi connectivity index (χ4n) is 6.55. The molecule has 2 heterocycles. The number of carbonyl (C=O) groups is 2. The standard InChI is InChI=1S/C54H80O15/c1-3-5-7-9-11-13-15-17-18-19-20-21-22-23-25-26-28-30-32-34-36-45(56)64-39-42(67-46(57)37-35-33-31-29-27-24-16-14-12-10-8-6-4-2)40-65-53-52(63)50(61)48(59)44(69-53)41-66-54-51(62)49(60)47(58)43(38-55)68-54/h5-8,10-14,16-18,20-21,23-25,27-31,42-44,47-55,58-63H,3-4,9,15,19,22,26,32-41H2,1-2H3/b7-5+,8-6+,12-10+,13-11+,16-14+,18-17+,21-20+,25-23+,27-24+,30-28+,31-29+/t42?,43-,44-,47+,48+,49?,50?,51?,52?,53-,54-/m1/s1. The first kappa shape index (κ1) is 60.8. The van der Waals surface area contributed by atoms with Gasteiger partial charge in [0.1, 0.15) is 55.4 Å². The van der Waals surface area contributed by atoms with E-state index in [9.17, 15) is 45.3 Å². The topological polar surface area (TPSA) is 231 Å². The Hall–Kier alpha value is -4.36. The van der Waals surface area contributed by atoms with Gasteiger partial charge >= 0.3 is 11.9 Å². The maximum Gasteiger partial charge on any atom is 0.306 e. The molecule has 2 aliphatic rings. The molecule has 0 saturated carbocycles. The number of aliphatic hydroxyl groups is 7. The van der Waals surface area contributed by atoms with Crippen molar-refractivity contribution in [3.05, 3.63) is 134 Å². The normalized spacial score (nSPS) is 26.7. The van der Waals surface area contributed by atoms with Gasteiger partial charge in [0.05, 0.1) is 19.8 Å². The second-order valence-electron chi connectivity index (χ2n) is 16.3. The average molecular weight is 969 g/mol. The summed E-state index contributed by atoms with van der Waals surface area (Å²) < 4.78 is 33.3. The van der Waals surface area contributed by atoms with Gasteiger partial charge in [-0.2, -0.15) is 0 Å². The van der Waals surface area contributed by atoms with Crippen molar-refractivity contribution in [1.82, 2.24) is 0 Å². The van der Waals surface area contributed by atoms with Crippen molar-refractivity contribution in [2.24, 2.45) is 0 Å². The van der Waals surface area contributed by atoms with Crippen molar-refractivity contribution in [2.45, 2.75) is 165 Å². The molecule has 2 aliphatic heterocycles. The van der Waals surface area contributed by atoms with Crippen molar-refractivity contribution in [3.63, 3.8) is 0 Å². The molecule has 2 rings (SSSR count). The molecule has 0 aromatic carbocycles. The minimum atomic E-state index is -1.80. The number of hydrogen-bond donors (Lipinski definition) is 7. The lowest BCUT2D eigenvalue weighted by molar-refractivity contribution is -0.332. The van der Waals surface area contributed by atoms with Crippen molar-refractivity contribution in [1.29, 1.82) is 0 Å². The third kappa shape index (κ3) is 27.6. The van der Waals surface area contributed by atoms with Gasteiger partial charge in [-0.25, -0.2) is 0 Å². The monoisotopic (exact) mass is 969 g/mol. The van der Waals surface area contributed by atoms with E-state index in [-0.39, 0.29) is 19.4 Å². The molecular weight excluding hydrogens is 889 g/mol. The summed E-state index contributed by atoms with van der Waals surface area (Å²) in [6.45, 7) is 2.14. The Morgan fingerprint density at radius 1 is 0.478 bits per heavy atom. The predicted octanol–water partition coefficient (Wildman–Crippen LogP) is 6.31. The summed E-state index contributed by atoms with van der Waals surface area (Å²) in [5, 5.41) is 72.0. The summed E-state index contributed by atoms with van der Waals surface area (Å²) in [5.74, 6) is -1.10. The second-order valence-corrected chi connectivity index (χ2v) is 16.3. The quantitative estimate of drug-likeness (QED) is 0.0162. The lowest BCUT2D eigenvalue weighted by atomic mass is 9.98. The van der Waals surface area contributed by atoms with Gasteiger partial charge in [0.15, 0.2) is 18.7 Å². The van der Waals surface area contributed by atoms with Gasteiger partial charge in [0.25, 0.3) is 0 Å². The summed E-state index contributed by atoms with van der Waals surface area (Å²) >= 11 is 0. The maximum absolute atomic E-state index is 12.9. The minimum Gasteiger partial charge on any atom is -0.462 e. The van der Waals surface area contributed by atoms with Gasteiger partial charge < -0.3 is 64.2 Å². The van der Waals surface area contributed by atoms with Gasteiger partial charge in [-0.15, -0.1) is 0 Å². The largest absolute Gasteiger partial charge is 0.462 e. The van der Waals surface area contributed by atoms with E-state index in [1.807, 2.05) is 66.8 Å². The summed E-state index contributed by atoms with van der Waals surface area (Å²) in [6.07, 6.45) is 36.5. The van der Waals surface area contributed by atoms with Crippen LogP contribution in [0.2, 0.25) is 0 Å². The summed E-state index contributed by atoms with van der Waals surface area (Å²) in [5.41, 5.74) is 0. The van der Waals surface area contributed by atoms with Crippen LogP contribution in [0.15, 0.2) is 134 Å². The first-order valence-corrected chi connectivity index (χ1v) is 24.3. The zero-order valence-corrected chi connectivity index (χ0v) is 40.5. The van der Waals surface area contributed by atoms with Crippen LogP contribution in [-0.4, -0.2) is 142 Å². The molecule has 69 heavy (non-hydrogen) atoms. The second kappa shape index (κ2) is 39.4. The molecule has 0 radical (unpaired) electrons. The van der Waals surface area contributed by atoms with Crippen molar-refractivity contribution >= 4 is 11.9 Å². The Morgan fingerprint density at radius 2 is 0.913 bits per heavy atom. The van der Waals surface area contributed by atoms with E-state index in [0.29, 0.717) is 25.7 Å². The van der Waals surface area contributed by atoms with Gasteiger partial charge in [0, 0.05) is 12.8 Å². The highest BCUT2D eigenvalue weighted by Crippen LogP contribution is 2.26. The van der Waals surface area contributed by atoms with Crippen LogP contribution in [0.1, 0.15) is 97.3 Å². The zero-order chi connectivity index (χ0) is 50.3. The molecule has 2 saturated heterocycles. The summed E-state index contributed by atoms with van der Waals surface area (Å²) in [4.78, 5) is 25.7. The SMILES string of the molecule is CC/C=C/C=C/C=C/C=C/C=C/CCCC(=O)OC(COC(=O)CCC/C=C/C/C=C/C/C=C/C/C=C/C/C=C/C/C=C/CC)CO[C@@H]1O[C@H](CO[C@@H]2O[C@H](CO)[C@H](O)C(O)C2O)[C@H](O)C(O)C1O. The molecule has 0 amide bonds. The third-order valence-electron chi connectivity index (χ3n) is 10.5. The average Bonchev–Trinajstić information content (AvgIpc) is 3.34. The molecule has 11 atom stereocenters. The minimum absolute atomic E-state index is 0.0469. The van der Waals surface area contributed by atoms with Gasteiger partial charge in [-0.1, -0.05) is 148 Å². The van der Waals surface area contributed by atoms with Crippen LogP contribution < -0.4 is 0 Å². The van der Waals surface area contributed by atoms with Crippen LogP contribution in [-0.2, 0) is 38.0 Å². The number of allylic oxidation sites excluding steroid dienone is 22. The molecule has 5 unspecified atom stereocenters.